The molecule has 0 saturated heterocycles. The normalized spacial score (nSPS) is 9.93. The zero-order chi connectivity index (χ0) is 11.4. The lowest BCUT2D eigenvalue weighted by Gasteiger charge is -2.01. The lowest BCUT2D eigenvalue weighted by molar-refractivity contribution is -0.133. The molecular formula is C8H6BrNO4S. The summed E-state index contributed by atoms with van der Waals surface area (Å²) in [6, 6.07) is 2.69. The van der Waals surface area contributed by atoms with Crippen molar-refractivity contribution in [2.45, 2.75) is 5.03 Å². The highest BCUT2D eigenvalue weighted by molar-refractivity contribution is 9.10. The molecule has 0 bridgehead atoms. The van der Waals surface area contributed by atoms with Gasteiger partial charge in [-0.2, -0.15) is 0 Å². The Kier molecular flexibility index (Phi) is 4.10. The van der Waals surface area contributed by atoms with E-state index in [4.69, 9.17) is 10.2 Å². The molecule has 15 heavy (non-hydrogen) atoms. The zero-order valence-corrected chi connectivity index (χ0v) is 9.71. The molecule has 0 atom stereocenters. The van der Waals surface area contributed by atoms with Gasteiger partial charge in [-0.1, -0.05) is 11.8 Å². The number of nitrogens with zero attached hydrogens (tertiary/aromatic N) is 1. The van der Waals surface area contributed by atoms with Crippen LogP contribution in [-0.4, -0.2) is 32.9 Å². The van der Waals surface area contributed by atoms with Crippen molar-refractivity contribution in [3.8, 4) is 0 Å². The summed E-state index contributed by atoms with van der Waals surface area (Å²) >= 11 is 4.02. The third kappa shape index (κ3) is 3.88. The van der Waals surface area contributed by atoms with Crippen LogP contribution >= 0.6 is 27.7 Å². The minimum absolute atomic E-state index is 0.0739. The van der Waals surface area contributed by atoms with Gasteiger partial charge in [-0.05, 0) is 28.1 Å². The third-order valence-electron chi connectivity index (χ3n) is 1.36. The van der Waals surface area contributed by atoms with E-state index < -0.39 is 11.9 Å². The molecule has 7 heteroatoms. The first kappa shape index (κ1) is 12.0. The first-order valence-corrected chi connectivity index (χ1v) is 5.52. The Morgan fingerprint density at radius 3 is 2.60 bits per heavy atom. The molecule has 0 amide bonds. The number of pyridine rings is 1. The fourth-order valence-corrected chi connectivity index (χ4v) is 2.01. The largest absolute Gasteiger partial charge is 0.481 e. The molecule has 0 aromatic carbocycles. The summed E-state index contributed by atoms with van der Waals surface area (Å²) in [5.41, 5.74) is 0.0739. The van der Waals surface area contributed by atoms with Crippen LogP contribution < -0.4 is 0 Å². The highest BCUT2D eigenvalue weighted by Crippen LogP contribution is 2.20. The van der Waals surface area contributed by atoms with Crippen molar-refractivity contribution in [2.75, 3.05) is 5.75 Å². The number of hydrogen-bond acceptors (Lipinski definition) is 4. The van der Waals surface area contributed by atoms with E-state index in [0.717, 1.165) is 11.8 Å². The smallest absolute Gasteiger partial charge is 0.335 e. The van der Waals surface area contributed by atoms with Crippen molar-refractivity contribution in [3.63, 3.8) is 0 Å². The molecule has 0 aliphatic carbocycles. The Bertz CT molecular complexity index is 410. The van der Waals surface area contributed by atoms with E-state index in [9.17, 15) is 9.59 Å². The number of rotatable bonds is 4. The number of hydrogen-bond donors (Lipinski definition) is 2. The summed E-state index contributed by atoms with van der Waals surface area (Å²) in [4.78, 5) is 24.9. The summed E-state index contributed by atoms with van der Waals surface area (Å²) in [6.45, 7) is 0. The number of carboxylic acid groups (broad SMARTS) is 2. The fourth-order valence-electron chi connectivity index (χ4n) is 0.806. The maximum atomic E-state index is 10.7. The topological polar surface area (TPSA) is 87.5 Å². The average Bonchev–Trinajstić information content (AvgIpc) is 2.13. The van der Waals surface area contributed by atoms with Gasteiger partial charge in [-0.15, -0.1) is 0 Å². The molecule has 0 radical (unpaired) electrons. The van der Waals surface area contributed by atoms with Gasteiger partial charge in [0.25, 0.3) is 0 Å². The summed E-state index contributed by atoms with van der Waals surface area (Å²) in [6.07, 6.45) is 0. The lowest BCUT2D eigenvalue weighted by Crippen LogP contribution is -2.01. The van der Waals surface area contributed by atoms with Crippen molar-refractivity contribution in [1.29, 1.82) is 0 Å². The SMILES string of the molecule is O=C(O)CSc1cc(C(=O)O)cc(Br)n1. The Morgan fingerprint density at radius 2 is 2.07 bits per heavy atom. The highest BCUT2D eigenvalue weighted by atomic mass is 79.9. The minimum Gasteiger partial charge on any atom is -0.481 e. The van der Waals surface area contributed by atoms with Crippen LogP contribution in [0.3, 0.4) is 0 Å². The van der Waals surface area contributed by atoms with E-state index in [0.29, 0.717) is 9.63 Å². The van der Waals surface area contributed by atoms with Crippen LogP contribution in [0.25, 0.3) is 0 Å². The first-order chi connectivity index (χ1) is 6.99. The molecule has 0 aliphatic rings. The van der Waals surface area contributed by atoms with Gasteiger partial charge in [-0.3, -0.25) is 4.79 Å². The standard InChI is InChI=1S/C8H6BrNO4S/c9-5-1-4(8(13)14)2-6(10-5)15-3-7(11)12/h1-2H,3H2,(H,11,12)(H,13,14). The second-order valence-electron chi connectivity index (χ2n) is 2.50. The van der Waals surface area contributed by atoms with E-state index in [2.05, 4.69) is 20.9 Å². The van der Waals surface area contributed by atoms with Crippen LogP contribution in [0.5, 0.6) is 0 Å². The highest BCUT2D eigenvalue weighted by Gasteiger charge is 2.08. The summed E-state index contributed by atoms with van der Waals surface area (Å²) in [7, 11) is 0. The number of aromatic carboxylic acids is 1. The van der Waals surface area contributed by atoms with Crippen LogP contribution in [-0.2, 0) is 4.79 Å². The molecule has 80 valence electrons. The quantitative estimate of drug-likeness (QED) is 0.649. The maximum absolute atomic E-state index is 10.7. The number of thioether (sulfide) groups is 1. The second-order valence-corrected chi connectivity index (χ2v) is 4.31. The molecule has 1 aromatic heterocycles. The maximum Gasteiger partial charge on any atom is 0.335 e. The number of aliphatic carboxylic acids is 1. The molecule has 1 aromatic rings. The van der Waals surface area contributed by atoms with Crippen molar-refractivity contribution >= 4 is 39.6 Å². The van der Waals surface area contributed by atoms with Gasteiger partial charge in [0.2, 0.25) is 0 Å². The molecule has 0 aliphatic heterocycles. The van der Waals surface area contributed by atoms with Gasteiger partial charge >= 0.3 is 11.9 Å². The molecule has 5 nitrogen and oxygen atoms in total. The Hall–Kier alpha value is -1.08. The van der Waals surface area contributed by atoms with Gasteiger partial charge in [0.15, 0.2) is 0 Å². The molecule has 1 heterocycles. The average molecular weight is 292 g/mol. The van der Waals surface area contributed by atoms with Gasteiger partial charge in [0, 0.05) is 0 Å². The second kappa shape index (κ2) is 5.13. The van der Waals surface area contributed by atoms with Crippen molar-refractivity contribution < 1.29 is 19.8 Å². The van der Waals surface area contributed by atoms with Crippen molar-refractivity contribution in [2.24, 2.45) is 0 Å². The molecule has 0 spiro atoms. The van der Waals surface area contributed by atoms with E-state index >= 15 is 0 Å². The summed E-state index contributed by atoms with van der Waals surface area (Å²) in [5, 5.41) is 17.5. The monoisotopic (exact) mass is 291 g/mol. The number of aromatic nitrogens is 1. The van der Waals surface area contributed by atoms with Crippen LogP contribution in [0.4, 0.5) is 0 Å². The van der Waals surface area contributed by atoms with E-state index in [1.807, 2.05) is 0 Å². The predicted molar refractivity (Wildman–Crippen MR) is 57.3 cm³/mol. The van der Waals surface area contributed by atoms with Crippen LogP contribution in [0.1, 0.15) is 10.4 Å². The van der Waals surface area contributed by atoms with Crippen molar-refractivity contribution in [3.05, 3.63) is 22.3 Å². The molecule has 0 unspecified atom stereocenters. The van der Waals surface area contributed by atoms with Gasteiger partial charge in [0.05, 0.1) is 16.3 Å². The van der Waals surface area contributed by atoms with Crippen molar-refractivity contribution in [1.82, 2.24) is 4.98 Å². The fraction of sp³-hybridized carbons (Fsp3) is 0.125. The molecule has 1 rings (SSSR count). The van der Waals surface area contributed by atoms with Crippen LogP contribution in [0, 0.1) is 0 Å². The third-order valence-corrected chi connectivity index (χ3v) is 2.66. The predicted octanol–water partition coefficient (Wildman–Crippen LogP) is 1.72. The summed E-state index contributed by atoms with van der Waals surface area (Å²) < 4.78 is 0.371. The van der Waals surface area contributed by atoms with E-state index in [-0.39, 0.29) is 11.3 Å². The van der Waals surface area contributed by atoms with Crippen LogP contribution in [0.2, 0.25) is 0 Å². The van der Waals surface area contributed by atoms with Gasteiger partial charge in [0.1, 0.15) is 4.60 Å². The number of carboxylic acids is 2. The Labute approximate surface area is 97.6 Å². The Balaban J connectivity index is 2.88. The molecule has 2 N–H and O–H groups in total. The van der Waals surface area contributed by atoms with E-state index in [1.165, 1.54) is 12.1 Å². The van der Waals surface area contributed by atoms with Gasteiger partial charge in [-0.25, -0.2) is 9.78 Å². The number of carbonyl (C=O) groups is 2. The van der Waals surface area contributed by atoms with Crippen LogP contribution in [0.15, 0.2) is 21.8 Å². The molecule has 0 saturated carbocycles. The minimum atomic E-state index is -1.07. The van der Waals surface area contributed by atoms with Gasteiger partial charge < -0.3 is 10.2 Å². The number of halogens is 1. The first-order valence-electron chi connectivity index (χ1n) is 3.74. The van der Waals surface area contributed by atoms with E-state index in [1.54, 1.807) is 0 Å². The molecule has 0 fully saturated rings. The summed E-state index contributed by atoms with van der Waals surface area (Å²) in [5.74, 6) is -2.20. The lowest BCUT2D eigenvalue weighted by atomic mass is 10.3. The molecular weight excluding hydrogens is 286 g/mol. The Morgan fingerprint density at radius 1 is 1.40 bits per heavy atom. The zero-order valence-electron chi connectivity index (χ0n) is 7.31.